The average Bonchev–Trinajstić information content (AvgIpc) is 3.24. The molecule has 1 heterocycles. The van der Waals surface area contributed by atoms with Crippen molar-refractivity contribution in [3.8, 4) is 0 Å². The number of rotatable bonds is 8. The first kappa shape index (κ1) is 26.2. The van der Waals surface area contributed by atoms with Gasteiger partial charge in [0.15, 0.2) is 5.96 Å². The Bertz CT molecular complexity index is 831. The standard InChI is InChI=1S/C23H29F3N4O.HI/c1-27-22(29-14-20-11-12-30(15-20)21-5-3-2-4-6-21)28-13-18-7-9-19(10-8-18)16-31-17-23(24,25)26;/h2-10,20H,11-17H2,1H3,(H2,27,28,29);1H. The molecule has 1 aliphatic heterocycles. The Balaban J connectivity index is 0.00000363. The first-order valence-electron chi connectivity index (χ1n) is 10.4. The molecule has 9 heteroatoms. The van der Waals surface area contributed by atoms with E-state index in [1.165, 1.54) is 5.69 Å². The zero-order valence-electron chi connectivity index (χ0n) is 18.1. The molecule has 0 saturated carbocycles. The van der Waals surface area contributed by atoms with Gasteiger partial charge < -0.3 is 20.3 Å². The molecule has 1 fully saturated rings. The van der Waals surface area contributed by atoms with Gasteiger partial charge in [-0.05, 0) is 35.6 Å². The van der Waals surface area contributed by atoms with Crippen LogP contribution in [0.2, 0.25) is 0 Å². The SMILES string of the molecule is CN=C(NCc1ccc(COCC(F)(F)F)cc1)NCC1CCN(c2ccccc2)C1.I. The largest absolute Gasteiger partial charge is 0.411 e. The van der Waals surface area contributed by atoms with Crippen LogP contribution in [0.1, 0.15) is 17.5 Å². The predicted molar refractivity (Wildman–Crippen MR) is 133 cm³/mol. The molecule has 0 radical (unpaired) electrons. The van der Waals surface area contributed by atoms with Crippen molar-refractivity contribution in [1.29, 1.82) is 0 Å². The van der Waals surface area contributed by atoms with Crippen LogP contribution in [0.5, 0.6) is 0 Å². The molecule has 1 saturated heterocycles. The van der Waals surface area contributed by atoms with Gasteiger partial charge in [0.05, 0.1) is 6.61 Å². The van der Waals surface area contributed by atoms with E-state index in [9.17, 15) is 13.2 Å². The lowest BCUT2D eigenvalue weighted by molar-refractivity contribution is -0.176. The van der Waals surface area contributed by atoms with Crippen LogP contribution in [-0.2, 0) is 17.9 Å². The quantitative estimate of drug-likeness (QED) is 0.281. The topological polar surface area (TPSA) is 48.9 Å². The van der Waals surface area contributed by atoms with E-state index in [2.05, 4.69) is 49.5 Å². The molecule has 1 unspecified atom stereocenters. The summed E-state index contributed by atoms with van der Waals surface area (Å²) in [5.74, 6) is 1.28. The molecule has 1 atom stereocenters. The highest BCUT2D eigenvalue weighted by Crippen LogP contribution is 2.23. The number of nitrogens with one attached hydrogen (secondary N) is 2. The van der Waals surface area contributed by atoms with Gasteiger partial charge in [0, 0.05) is 38.9 Å². The third-order valence-electron chi connectivity index (χ3n) is 5.21. The van der Waals surface area contributed by atoms with Gasteiger partial charge in [-0.15, -0.1) is 24.0 Å². The number of alkyl halides is 3. The molecule has 1 aliphatic rings. The van der Waals surface area contributed by atoms with E-state index < -0.39 is 12.8 Å². The summed E-state index contributed by atoms with van der Waals surface area (Å²) < 4.78 is 41.1. The molecule has 0 amide bonds. The number of guanidine groups is 1. The Hall–Kier alpha value is -2.01. The molecule has 2 aromatic rings. The summed E-state index contributed by atoms with van der Waals surface area (Å²) in [4.78, 5) is 6.68. The second-order valence-corrected chi connectivity index (χ2v) is 7.67. The summed E-state index contributed by atoms with van der Waals surface area (Å²) in [6, 6.07) is 17.8. The molecule has 2 aromatic carbocycles. The number of benzene rings is 2. The molecule has 0 aliphatic carbocycles. The predicted octanol–water partition coefficient (Wildman–Crippen LogP) is 4.58. The van der Waals surface area contributed by atoms with Crippen LogP contribution in [0.15, 0.2) is 59.6 Å². The normalized spacial score (nSPS) is 16.6. The van der Waals surface area contributed by atoms with Crippen molar-refractivity contribution in [2.75, 3.05) is 38.2 Å². The third kappa shape index (κ3) is 8.85. The minimum Gasteiger partial charge on any atom is -0.371 e. The molecule has 176 valence electrons. The van der Waals surface area contributed by atoms with Crippen molar-refractivity contribution in [2.24, 2.45) is 10.9 Å². The highest BCUT2D eigenvalue weighted by atomic mass is 127. The lowest BCUT2D eigenvalue weighted by Crippen LogP contribution is -2.39. The van der Waals surface area contributed by atoms with Crippen LogP contribution in [-0.4, -0.2) is 45.4 Å². The fraction of sp³-hybridized carbons (Fsp3) is 0.435. The maximum absolute atomic E-state index is 12.1. The third-order valence-corrected chi connectivity index (χ3v) is 5.21. The van der Waals surface area contributed by atoms with Crippen LogP contribution >= 0.6 is 24.0 Å². The lowest BCUT2D eigenvalue weighted by Gasteiger charge is -2.19. The monoisotopic (exact) mass is 562 g/mol. The average molecular weight is 562 g/mol. The van der Waals surface area contributed by atoms with Gasteiger partial charge in [-0.25, -0.2) is 0 Å². The van der Waals surface area contributed by atoms with Crippen LogP contribution in [0, 0.1) is 5.92 Å². The number of aliphatic imine (C=N–C) groups is 1. The molecule has 0 aromatic heterocycles. The van der Waals surface area contributed by atoms with Crippen molar-refractivity contribution >= 4 is 35.6 Å². The Morgan fingerprint density at radius 1 is 1.06 bits per heavy atom. The summed E-state index contributed by atoms with van der Waals surface area (Å²) in [6.07, 6.45) is -3.16. The molecule has 3 rings (SSSR count). The zero-order chi connectivity index (χ0) is 22.1. The summed E-state index contributed by atoms with van der Waals surface area (Å²) in [7, 11) is 1.74. The number of anilines is 1. The van der Waals surface area contributed by atoms with Crippen LogP contribution in [0.25, 0.3) is 0 Å². The van der Waals surface area contributed by atoms with Crippen molar-refractivity contribution in [1.82, 2.24) is 10.6 Å². The Kier molecular flexibility index (Phi) is 10.6. The molecular formula is C23H30F3IN4O. The Morgan fingerprint density at radius 3 is 2.41 bits per heavy atom. The number of ether oxygens (including phenoxy) is 1. The molecule has 32 heavy (non-hydrogen) atoms. The number of hydrogen-bond acceptors (Lipinski definition) is 3. The number of halogens is 4. The van der Waals surface area contributed by atoms with E-state index in [0.717, 1.165) is 37.6 Å². The molecule has 2 N–H and O–H groups in total. The van der Waals surface area contributed by atoms with Gasteiger partial charge in [0.1, 0.15) is 6.61 Å². The van der Waals surface area contributed by atoms with E-state index in [0.29, 0.717) is 18.0 Å². The van der Waals surface area contributed by atoms with Gasteiger partial charge >= 0.3 is 6.18 Å². The van der Waals surface area contributed by atoms with Gasteiger partial charge in [-0.2, -0.15) is 13.2 Å². The van der Waals surface area contributed by atoms with E-state index >= 15 is 0 Å². The highest BCUT2D eigenvalue weighted by molar-refractivity contribution is 14.0. The van der Waals surface area contributed by atoms with Gasteiger partial charge in [0.25, 0.3) is 0 Å². The second-order valence-electron chi connectivity index (χ2n) is 7.67. The molecule has 0 spiro atoms. The smallest absolute Gasteiger partial charge is 0.371 e. The van der Waals surface area contributed by atoms with Crippen molar-refractivity contribution in [3.05, 3.63) is 65.7 Å². The fourth-order valence-corrected chi connectivity index (χ4v) is 3.56. The van der Waals surface area contributed by atoms with Crippen LogP contribution in [0.3, 0.4) is 0 Å². The van der Waals surface area contributed by atoms with Gasteiger partial charge in [-0.1, -0.05) is 42.5 Å². The Morgan fingerprint density at radius 2 is 1.75 bits per heavy atom. The minimum atomic E-state index is -4.30. The summed E-state index contributed by atoms with van der Waals surface area (Å²) in [5, 5.41) is 6.67. The zero-order valence-corrected chi connectivity index (χ0v) is 20.4. The summed E-state index contributed by atoms with van der Waals surface area (Å²) in [5.41, 5.74) is 2.98. The van der Waals surface area contributed by atoms with Gasteiger partial charge in [-0.3, -0.25) is 4.99 Å². The van der Waals surface area contributed by atoms with Crippen LogP contribution in [0.4, 0.5) is 18.9 Å². The van der Waals surface area contributed by atoms with Crippen molar-refractivity contribution < 1.29 is 17.9 Å². The highest BCUT2D eigenvalue weighted by Gasteiger charge is 2.27. The summed E-state index contributed by atoms with van der Waals surface area (Å²) in [6.45, 7) is 2.20. The van der Waals surface area contributed by atoms with E-state index in [1.54, 1.807) is 19.2 Å². The first-order valence-corrected chi connectivity index (χ1v) is 10.4. The second kappa shape index (κ2) is 12.9. The van der Waals surface area contributed by atoms with Gasteiger partial charge in [0.2, 0.25) is 0 Å². The number of hydrogen-bond donors (Lipinski definition) is 2. The summed E-state index contributed by atoms with van der Waals surface area (Å²) >= 11 is 0. The Labute approximate surface area is 204 Å². The maximum atomic E-state index is 12.1. The molecular weight excluding hydrogens is 532 g/mol. The van der Waals surface area contributed by atoms with E-state index in [-0.39, 0.29) is 30.6 Å². The first-order chi connectivity index (χ1) is 14.9. The lowest BCUT2D eigenvalue weighted by atomic mass is 10.1. The minimum absolute atomic E-state index is 0. The van der Waals surface area contributed by atoms with Crippen molar-refractivity contribution in [3.63, 3.8) is 0 Å². The van der Waals surface area contributed by atoms with Crippen LogP contribution < -0.4 is 15.5 Å². The number of nitrogens with zero attached hydrogens (tertiary/aromatic N) is 2. The molecule has 5 nitrogen and oxygen atoms in total. The van der Waals surface area contributed by atoms with E-state index in [4.69, 9.17) is 0 Å². The number of para-hydroxylation sites is 1. The molecule has 0 bridgehead atoms. The van der Waals surface area contributed by atoms with E-state index in [1.807, 2.05) is 18.2 Å². The fourth-order valence-electron chi connectivity index (χ4n) is 3.56. The maximum Gasteiger partial charge on any atom is 0.411 e. The van der Waals surface area contributed by atoms with Crippen molar-refractivity contribution in [2.45, 2.75) is 25.7 Å².